The van der Waals surface area contributed by atoms with Crippen molar-refractivity contribution in [3.05, 3.63) is 59.7 Å². The maximum Gasteiger partial charge on any atom is 0.416 e. The van der Waals surface area contributed by atoms with Crippen molar-refractivity contribution in [3.63, 3.8) is 0 Å². The highest BCUT2D eigenvalue weighted by atomic mass is 19.4. The fraction of sp³-hybridized carbons (Fsp3) is 0.632. The minimum Gasteiger partial charge on any atom is -0.394 e. The van der Waals surface area contributed by atoms with E-state index in [1.165, 1.54) is 6.07 Å². The minimum absolute atomic E-state index is 0.110. The number of nitrogens with zero attached hydrogens (tertiary/aromatic N) is 1. The molecule has 2 aromatic carbocycles. The fourth-order valence-corrected chi connectivity index (χ4v) is 6.97. The maximum atomic E-state index is 13.5. The summed E-state index contributed by atoms with van der Waals surface area (Å²) in [7, 11) is 0. The van der Waals surface area contributed by atoms with Gasteiger partial charge in [0.2, 0.25) is 0 Å². The summed E-state index contributed by atoms with van der Waals surface area (Å²) in [5, 5.41) is 53.4. The Bertz CT molecular complexity index is 1500. The molecule has 2 fully saturated rings. The van der Waals surface area contributed by atoms with Gasteiger partial charge in [0, 0.05) is 11.4 Å². The Balaban J connectivity index is 1.69. The van der Waals surface area contributed by atoms with Crippen LogP contribution in [0.3, 0.4) is 0 Å². The van der Waals surface area contributed by atoms with Crippen molar-refractivity contribution in [2.45, 2.75) is 120 Å². The number of alkyl halides is 3. The molecule has 9 atom stereocenters. The number of hydrogen-bond acceptors (Lipinski definition) is 10. The van der Waals surface area contributed by atoms with E-state index in [2.05, 4.69) is 40.0 Å². The van der Waals surface area contributed by atoms with Crippen LogP contribution in [0.2, 0.25) is 0 Å². The number of aryl methyl sites for hydroxylation is 1. The molecule has 2 saturated heterocycles. The fourth-order valence-electron chi connectivity index (χ4n) is 6.97. The van der Waals surface area contributed by atoms with Gasteiger partial charge in [-0.3, -0.25) is 4.90 Å². The third-order valence-corrected chi connectivity index (χ3v) is 9.81. The molecule has 308 valence electrons. The lowest BCUT2D eigenvalue weighted by molar-refractivity contribution is -0.298. The van der Waals surface area contributed by atoms with E-state index in [-0.39, 0.29) is 12.3 Å². The molecule has 14 nitrogen and oxygen atoms in total. The smallest absolute Gasteiger partial charge is 0.394 e. The molecule has 0 aromatic heterocycles. The van der Waals surface area contributed by atoms with Gasteiger partial charge in [-0.1, -0.05) is 57.7 Å². The van der Waals surface area contributed by atoms with Crippen molar-refractivity contribution in [2.24, 2.45) is 0 Å². The van der Waals surface area contributed by atoms with Crippen LogP contribution in [0.1, 0.15) is 63.5 Å². The van der Waals surface area contributed by atoms with E-state index < -0.39 is 92.0 Å². The van der Waals surface area contributed by atoms with E-state index in [0.29, 0.717) is 18.8 Å². The summed E-state index contributed by atoms with van der Waals surface area (Å²) >= 11 is 0. The van der Waals surface area contributed by atoms with Gasteiger partial charge in [-0.05, 0) is 68.8 Å². The van der Waals surface area contributed by atoms with Crippen LogP contribution in [-0.2, 0) is 20.4 Å². The van der Waals surface area contributed by atoms with E-state index in [0.717, 1.165) is 62.3 Å². The SMILES string of the molecule is CCCCCN(CCCCC)[C@H]1C(CO)OCC(NC(=O)Nc2cccc(C)c2)[C@H]1O[C@@H]1OC(CO)[C@H](O)[C@H](O)C1NC(=O)Nc1cccc(C(F)(F)F)c1. The number of amides is 4. The van der Waals surface area contributed by atoms with Crippen LogP contribution in [0.15, 0.2) is 48.5 Å². The molecule has 2 aromatic rings. The van der Waals surface area contributed by atoms with Gasteiger partial charge in [0.05, 0.1) is 43.6 Å². The van der Waals surface area contributed by atoms with Gasteiger partial charge in [0.1, 0.15) is 30.5 Å². The van der Waals surface area contributed by atoms with Gasteiger partial charge < -0.3 is 55.9 Å². The molecule has 0 radical (unpaired) electrons. The average molecular weight is 784 g/mol. The number of aliphatic hydroxyl groups is 4. The van der Waals surface area contributed by atoms with Crippen molar-refractivity contribution in [1.29, 1.82) is 0 Å². The molecule has 0 aliphatic carbocycles. The molecular formula is C38H56F3N5O9. The maximum absolute atomic E-state index is 13.5. The highest BCUT2D eigenvalue weighted by Gasteiger charge is 2.51. The number of ether oxygens (including phenoxy) is 3. The largest absolute Gasteiger partial charge is 0.416 e. The highest BCUT2D eigenvalue weighted by molar-refractivity contribution is 5.90. The molecule has 4 amide bonds. The standard InChI is InChI=1S/C38H56F3N5O9/c1-4-6-8-16-46(17-9-7-5-2)31-28(20-47)53-22-27(44-36(51)42-25-14-10-12-23(3)18-25)34(31)55-35-30(33(50)32(49)29(21-48)54-35)45-37(52)43-26-15-11-13-24(19-26)38(39,40)41/h10-15,18-19,27-35,47-50H,4-9,16-17,20-22H2,1-3H3,(H2,42,44,51)(H2,43,45,52)/t27?,28?,29?,30?,31-,32-,33+,34+,35-/m0/s1. The van der Waals surface area contributed by atoms with Crippen molar-refractivity contribution in [3.8, 4) is 0 Å². The number of carbonyl (C=O) groups excluding carboxylic acids is 2. The highest BCUT2D eigenvalue weighted by Crippen LogP contribution is 2.32. The molecule has 4 rings (SSSR count). The third-order valence-electron chi connectivity index (χ3n) is 9.81. The second-order valence-corrected chi connectivity index (χ2v) is 14.1. The van der Waals surface area contributed by atoms with Gasteiger partial charge in [-0.25, -0.2) is 9.59 Å². The van der Waals surface area contributed by atoms with Crippen LogP contribution in [0.4, 0.5) is 34.1 Å². The van der Waals surface area contributed by atoms with Gasteiger partial charge in [-0.15, -0.1) is 0 Å². The second-order valence-electron chi connectivity index (χ2n) is 14.1. The molecule has 0 saturated carbocycles. The van der Waals surface area contributed by atoms with Crippen molar-refractivity contribution < 1.29 is 57.4 Å². The Morgan fingerprint density at radius 2 is 1.45 bits per heavy atom. The van der Waals surface area contributed by atoms with Crippen LogP contribution >= 0.6 is 0 Å². The number of urea groups is 2. The minimum atomic E-state index is -4.67. The number of aliphatic hydroxyl groups excluding tert-OH is 4. The lowest BCUT2D eigenvalue weighted by Gasteiger charge is -2.50. The monoisotopic (exact) mass is 783 g/mol. The average Bonchev–Trinajstić information content (AvgIpc) is 3.14. The van der Waals surface area contributed by atoms with E-state index in [1.807, 2.05) is 13.0 Å². The van der Waals surface area contributed by atoms with Crippen LogP contribution < -0.4 is 21.3 Å². The number of benzene rings is 2. The van der Waals surface area contributed by atoms with Crippen LogP contribution in [-0.4, -0.2) is 125 Å². The molecule has 2 heterocycles. The van der Waals surface area contributed by atoms with E-state index in [4.69, 9.17) is 14.2 Å². The summed E-state index contributed by atoms with van der Waals surface area (Å²) in [4.78, 5) is 28.9. The second kappa shape index (κ2) is 21.1. The first-order chi connectivity index (χ1) is 26.3. The van der Waals surface area contributed by atoms with Crippen molar-refractivity contribution in [1.82, 2.24) is 15.5 Å². The van der Waals surface area contributed by atoms with Crippen LogP contribution in [0, 0.1) is 6.92 Å². The lowest BCUT2D eigenvalue weighted by Crippen LogP contribution is -2.70. The van der Waals surface area contributed by atoms with Crippen molar-refractivity contribution in [2.75, 3.05) is 43.5 Å². The molecule has 0 bridgehead atoms. The van der Waals surface area contributed by atoms with E-state index in [9.17, 15) is 43.2 Å². The Morgan fingerprint density at radius 3 is 2.04 bits per heavy atom. The number of rotatable bonds is 17. The van der Waals surface area contributed by atoms with Gasteiger partial charge in [0.15, 0.2) is 6.29 Å². The Kier molecular flexibility index (Phi) is 17.0. The molecule has 2 aliphatic heterocycles. The Hall–Kier alpha value is -3.55. The summed E-state index contributed by atoms with van der Waals surface area (Å²) in [6.07, 6.45) is -7.54. The zero-order chi connectivity index (χ0) is 40.1. The molecule has 8 N–H and O–H groups in total. The summed E-state index contributed by atoms with van der Waals surface area (Å²) in [6.45, 7) is 5.97. The number of halogens is 3. The molecular weight excluding hydrogens is 727 g/mol. The molecule has 17 heteroatoms. The number of carbonyl (C=O) groups is 2. The Morgan fingerprint density at radius 1 is 0.855 bits per heavy atom. The molecule has 0 spiro atoms. The molecule has 55 heavy (non-hydrogen) atoms. The van der Waals surface area contributed by atoms with Crippen molar-refractivity contribution >= 4 is 23.4 Å². The number of anilines is 2. The third kappa shape index (κ3) is 12.5. The van der Waals surface area contributed by atoms with Crippen LogP contribution in [0.25, 0.3) is 0 Å². The predicted molar refractivity (Wildman–Crippen MR) is 198 cm³/mol. The number of hydrogen-bond donors (Lipinski definition) is 8. The van der Waals surface area contributed by atoms with E-state index >= 15 is 0 Å². The number of unbranched alkanes of at least 4 members (excludes halogenated alkanes) is 4. The summed E-state index contributed by atoms with van der Waals surface area (Å²) in [6, 6.07) is 6.40. The van der Waals surface area contributed by atoms with E-state index in [1.54, 1.807) is 18.2 Å². The summed E-state index contributed by atoms with van der Waals surface area (Å²) < 4.78 is 58.9. The first kappa shape index (κ1) is 44.2. The van der Waals surface area contributed by atoms with Gasteiger partial charge in [0.25, 0.3) is 0 Å². The first-order valence-corrected chi connectivity index (χ1v) is 18.9. The Labute approximate surface area is 319 Å². The lowest BCUT2D eigenvalue weighted by atomic mass is 9.92. The predicted octanol–water partition coefficient (Wildman–Crippen LogP) is 3.96. The zero-order valence-electron chi connectivity index (χ0n) is 31.5. The summed E-state index contributed by atoms with van der Waals surface area (Å²) in [5.74, 6) is 0. The van der Waals surface area contributed by atoms with Gasteiger partial charge in [-0.2, -0.15) is 13.2 Å². The molecule has 2 aliphatic rings. The van der Waals surface area contributed by atoms with Crippen LogP contribution in [0.5, 0.6) is 0 Å². The zero-order valence-corrected chi connectivity index (χ0v) is 31.5. The number of nitrogens with one attached hydrogen (secondary N) is 4. The topological polar surface area (TPSA) is 194 Å². The van der Waals surface area contributed by atoms with Gasteiger partial charge >= 0.3 is 18.2 Å². The normalized spacial score (nSPS) is 27.1. The quantitative estimate of drug-likeness (QED) is 0.109. The first-order valence-electron chi connectivity index (χ1n) is 18.9. The molecule has 4 unspecified atom stereocenters. The summed E-state index contributed by atoms with van der Waals surface area (Å²) in [5.41, 5.74) is 0.264.